The fourth-order valence-electron chi connectivity index (χ4n) is 1.73. The Morgan fingerprint density at radius 2 is 2.12 bits per heavy atom. The maximum atomic E-state index is 14.2. The van der Waals surface area contributed by atoms with Crippen molar-refractivity contribution < 1.29 is 8.78 Å². The highest BCUT2D eigenvalue weighted by atomic mass is 35.5. The molecule has 0 amide bonds. The van der Waals surface area contributed by atoms with Crippen molar-refractivity contribution in [3.63, 3.8) is 0 Å². The average Bonchev–Trinajstić information content (AvgIpc) is 2.24. The molecule has 0 aliphatic heterocycles. The third kappa shape index (κ3) is 3.42. The van der Waals surface area contributed by atoms with Gasteiger partial charge in [-0.15, -0.1) is 0 Å². The van der Waals surface area contributed by atoms with Gasteiger partial charge in [-0.25, -0.2) is 8.78 Å². The monoisotopic (exact) mass is 247 g/mol. The number of rotatable bonds is 5. The summed E-state index contributed by atoms with van der Waals surface area (Å²) in [5.74, 6) is -0.434. The number of alkyl halides is 1. The second kappa shape index (κ2) is 5.60. The third-order valence-electron chi connectivity index (χ3n) is 2.58. The summed E-state index contributed by atoms with van der Waals surface area (Å²) in [5.41, 5.74) is 4.14. The smallest absolute Gasteiger partial charge is 0.127 e. The lowest BCUT2D eigenvalue weighted by Crippen LogP contribution is -2.35. The van der Waals surface area contributed by atoms with Crippen LogP contribution in [0.15, 0.2) is 18.2 Å². The summed E-state index contributed by atoms with van der Waals surface area (Å²) in [6.45, 7) is 1.77. The van der Waals surface area contributed by atoms with E-state index < -0.39 is 11.5 Å². The Bertz CT molecular complexity index is 357. The van der Waals surface area contributed by atoms with E-state index >= 15 is 0 Å². The molecule has 0 aliphatic carbocycles. The van der Waals surface area contributed by atoms with E-state index in [-0.39, 0.29) is 18.5 Å². The van der Waals surface area contributed by atoms with Crippen molar-refractivity contribution in [3.8, 4) is 0 Å². The van der Waals surface area contributed by atoms with Gasteiger partial charge in [-0.1, -0.05) is 24.9 Å². The first-order valence-corrected chi connectivity index (χ1v) is 5.71. The molecular formula is C12H16ClF2N. The van der Waals surface area contributed by atoms with Crippen LogP contribution in [-0.4, -0.2) is 12.2 Å². The lowest BCUT2D eigenvalue weighted by Gasteiger charge is -2.23. The van der Waals surface area contributed by atoms with Crippen LogP contribution in [0.4, 0.5) is 8.78 Å². The van der Waals surface area contributed by atoms with E-state index in [0.717, 1.165) is 0 Å². The summed E-state index contributed by atoms with van der Waals surface area (Å²) in [6, 6.07) is 4.15. The summed E-state index contributed by atoms with van der Waals surface area (Å²) in [4.78, 5) is 0. The quantitative estimate of drug-likeness (QED) is 0.847. The minimum absolute atomic E-state index is 0.0241. The van der Waals surface area contributed by atoms with Gasteiger partial charge in [-0.05, 0) is 30.2 Å². The largest absolute Gasteiger partial charge is 0.328 e. The minimum Gasteiger partial charge on any atom is -0.328 e. The number of halogens is 3. The molecule has 1 unspecified atom stereocenters. The number of benzene rings is 1. The van der Waals surface area contributed by atoms with Crippen LogP contribution in [-0.2, 0) is 6.42 Å². The number of nitrogens with two attached hydrogens (primary N) is 1. The Morgan fingerprint density at radius 3 is 2.69 bits per heavy atom. The molecule has 1 aromatic carbocycles. The van der Waals surface area contributed by atoms with Gasteiger partial charge in [0.2, 0.25) is 0 Å². The summed E-state index contributed by atoms with van der Waals surface area (Å²) in [5, 5.41) is 0.410. The molecule has 0 radical (unpaired) electrons. The van der Waals surface area contributed by atoms with Gasteiger partial charge in [-0.3, -0.25) is 0 Å². The molecule has 1 aromatic rings. The molecule has 90 valence electrons. The van der Waals surface area contributed by atoms with Gasteiger partial charge in [-0.2, -0.15) is 0 Å². The van der Waals surface area contributed by atoms with Crippen LogP contribution in [0.5, 0.6) is 0 Å². The van der Waals surface area contributed by atoms with Crippen LogP contribution in [0.2, 0.25) is 5.02 Å². The molecule has 0 aliphatic rings. The van der Waals surface area contributed by atoms with E-state index in [2.05, 4.69) is 0 Å². The van der Waals surface area contributed by atoms with Crippen LogP contribution in [0, 0.1) is 5.82 Å². The van der Waals surface area contributed by atoms with Crippen LogP contribution in [0.25, 0.3) is 0 Å². The van der Waals surface area contributed by atoms with Crippen LogP contribution in [0.1, 0.15) is 25.3 Å². The van der Waals surface area contributed by atoms with Gasteiger partial charge in [0.1, 0.15) is 11.5 Å². The lowest BCUT2D eigenvalue weighted by molar-refractivity contribution is 0.157. The highest BCUT2D eigenvalue weighted by molar-refractivity contribution is 6.30. The Labute approximate surface area is 99.6 Å². The summed E-state index contributed by atoms with van der Waals surface area (Å²) >= 11 is 5.75. The van der Waals surface area contributed by atoms with E-state index in [4.69, 9.17) is 17.3 Å². The maximum absolute atomic E-state index is 14.2. The molecule has 1 rings (SSSR count). The van der Waals surface area contributed by atoms with Crippen molar-refractivity contribution in [2.75, 3.05) is 6.54 Å². The van der Waals surface area contributed by atoms with Gasteiger partial charge in [0, 0.05) is 18.0 Å². The Morgan fingerprint density at radius 1 is 1.44 bits per heavy atom. The molecule has 0 heterocycles. The van der Waals surface area contributed by atoms with Gasteiger partial charge < -0.3 is 5.73 Å². The fourth-order valence-corrected chi connectivity index (χ4v) is 1.93. The predicted molar refractivity (Wildman–Crippen MR) is 62.9 cm³/mol. The molecule has 0 bridgehead atoms. The van der Waals surface area contributed by atoms with Crippen molar-refractivity contribution >= 4 is 11.6 Å². The second-order valence-corrected chi connectivity index (χ2v) is 4.45. The molecule has 0 spiro atoms. The van der Waals surface area contributed by atoms with E-state index in [9.17, 15) is 8.78 Å². The Kier molecular flexibility index (Phi) is 4.69. The van der Waals surface area contributed by atoms with Crippen LogP contribution < -0.4 is 5.73 Å². The molecule has 0 fully saturated rings. The number of hydrogen-bond acceptors (Lipinski definition) is 1. The molecule has 1 atom stereocenters. The Balaban J connectivity index is 2.89. The molecule has 16 heavy (non-hydrogen) atoms. The van der Waals surface area contributed by atoms with Crippen molar-refractivity contribution in [2.45, 2.75) is 31.9 Å². The molecular weight excluding hydrogens is 232 g/mol. The summed E-state index contributed by atoms with van der Waals surface area (Å²) in [7, 11) is 0. The van der Waals surface area contributed by atoms with Crippen LogP contribution in [0.3, 0.4) is 0 Å². The zero-order chi connectivity index (χ0) is 12.2. The van der Waals surface area contributed by atoms with Gasteiger partial charge >= 0.3 is 0 Å². The third-order valence-corrected chi connectivity index (χ3v) is 2.81. The average molecular weight is 248 g/mol. The van der Waals surface area contributed by atoms with E-state index in [1.54, 1.807) is 0 Å². The van der Waals surface area contributed by atoms with Crippen molar-refractivity contribution in [1.29, 1.82) is 0 Å². The van der Waals surface area contributed by atoms with E-state index in [0.29, 0.717) is 17.9 Å². The molecule has 2 N–H and O–H groups in total. The van der Waals surface area contributed by atoms with Gasteiger partial charge in [0.25, 0.3) is 0 Å². The zero-order valence-corrected chi connectivity index (χ0v) is 10.0. The standard InChI is InChI=1S/C12H16ClF2N/c1-2-5-12(15,8-16)7-9-6-10(13)3-4-11(9)14/h3-4,6H,2,5,7-8,16H2,1H3. The highest BCUT2D eigenvalue weighted by Gasteiger charge is 2.28. The maximum Gasteiger partial charge on any atom is 0.127 e. The molecule has 4 heteroatoms. The number of hydrogen-bond donors (Lipinski definition) is 1. The Hall–Kier alpha value is -0.670. The van der Waals surface area contributed by atoms with Gasteiger partial charge in [0.05, 0.1) is 0 Å². The van der Waals surface area contributed by atoms with Crippen molar-refractivity contribution in [2.24, 2.45) is 5.73 Å². The molecule has 0 saturated carbocycles. The summed E-state index contributed by atoms with van der Waals surface area (Å²) in [6.07, 6.45) is 0.981. The SMILES string of the molecule is CCCC(F)(CN)Cc1cc(Cl)ccc1F. The van der Waals surface area contributed by atoms with E-state index in [1.807, 2.05) is 6.92 Å². The zero-order valence-electron chi connectivity index (χ0n) is 9.27. The lowest BCUT2D eigenvalue weighted by atomic mass is 9.92. The molecule has 1 nitrogen and oxygen atoms in total. The normalized spacial score (nSPS) is 14.8. The first-order chi connectivity index (χ1) is 7.50. The second-order valence-electron chi connectivity index (χ2n) is 4.02. The van der Waals surface area contributed by atoms with Gasteiger partial charge in [0.15, 0.2) is 0 Å². The summed E-state index contributed by atoms with van der Waals surface area (Å²) < 4.78 is 27.6. The first-order valence-electron chi connectivity index (χ1n) is 5.33. The van der Waals surface area contributed by atoms with Crippen LogP contribution >= 0.6 is 11.6 Å². The highest BCUT2D eigenvalue weighted by Crippen LogP contribution is 2.25. The van der Waals surface area contributed by atoms with Crippen molar-refractivity contribution in [3.05, 3.63) is 34.6 Å². The topological polar surface area (TPSA) is 26.0 Å². The first kappa shape index (κ1) is 13.4. The minimum atomic E-state index is -1.54. The van der Waals surface area contributed by atoms with Crippen molar-refractivity contribution in [1.82, 2.24) is 0 Å². The molecule has 0 saturated heterocycles. The predicted octanol–water partition coefficient (Wildman–Crippen LogP) is 3.49. The molecule has 0 aromatic heterocycles. The van der Waals surface area contributed by atoms with E-state index in [1.165, 1.54) is 18.2 Å². The fraction of sp³-hybridized carbons (Fsp3) is 0.500.